The molecule has 0 amide bonds. The van der Waals surface area contributed by atoms with Crippen LogP contribution in [0.15, 0.2) is 5.38 Å². The van der Waals surface area contributed by atoms with Gasteiger partial charge in [0.25, 0.3) is 0 Å². The molecular weight excluding hydrogens is 308 g/mol. The molecule has 0 atom stereocenters. The highest BCUT2D eigenvalue weighted by molar-refractivity contribution is 7.16. The Bertz CT molecular complexity index is 593. The molecule has 0 aromatic carbocycles. The predicted octanol–water partition coefficient (Wildman–Crippen LogP) is 1.63. The Balaban J connectivity index is 1.85. The van der Waals surface area contributed by atoms with Gasteiger partial charge in [0, 0.05) is 32.1 Å². The van der Waals surface area contributed by atoms with Gasteiger partial charge in [-0.15, -0.1) is 22.7 Å². The molecule has 1 aliphatic rings. The van der Waals surface area contributed by atoms with Crippen LogP contribution in [0.2, 0.25) is 0 Å². The van der Waals surface area contributed by atoms with Gasteiger partial charge >= 0.3 is 0 Å². The lowest BCUT2D eigenvalue weighted by Crippen LogP contribution is -2.35. The van der Waals surface area contributed by atoms with Gasteiger partial charge in [-0.2, -0.15) is 0 Å². The van der Waals surface area contributed by atoms with Crippen molar-refractivity contribution >= 4 is 27.8 Å². The summed E-state index contributed by atoms with van der Waals surface area (Å²) in [6.07, 6.45) is 0. The van der Waals surface area contributed by atoms with Gasteiger partial charge in [0.2, 0.25) is 0 Å². The number of aliphatic hydroxyl groups excluding tert-OH is 1. The van der Waals surface area contributed by atoms with E-state index in [1.807, 2.05) is 12.4 Å². The van der Waals surface area contributed by atoms with Gasteiger partial charge in [-0.25, -0.2) is 9.97 Å². The first-order valence-corrected chi connectivity index (χ1v) is 8.53. The van der Waals surface area contributed by atoms with Crippen LogP contribution in [0.1, 0.15) is 10.7 Å². The van der Waals surface area contributed by atoms with Crippen LogP contribution in [0.4, 0.5) is 5.13 Å². The van der Waals surface area contributed by atoms with Gasteiger partial charge < -0.3 is 15.2 Å². The molecule has 2 aromatic heterocycles. The first kappa shape index (κ1) is 14.9. The smallest absolute Gasteiger partial charge is 0.182 e. The van der Waals surface area contributed by atoms with E-state index in [-0.39, 0.29) is 6.61 Å². The van der Waals surface area contributed by atoms with Gasteiger partial charge in [0.05, 0.1) is 36.1 Å². The summed E-state index contributed by atoms with van der Waals surface area (Å²) in [5.41, 5.74) is 1.93. The van der Waals surface area contributed by atoms with Gasteiger partial charge in [-0.3, -0.25) is 4.90 Å². The van der Waals surface area contributed by atoms with Crippen LogP contribution in [0.25, 0.3) is 10.6 Å². The predicted molar refractivity (Wildman–Crippen MR) is 84.8 cm³/mol. The molecule has 114 valence electrons. The average molecular weight is 326 g/mol. The third kappa shape index (κ3) is 3.41. The largest absolute Gasteiger partial charge is 0.389 e. The molecule has 0 unspecified atom stereocenters. The number of nitrogens with zero attached hydrogens (tertiary/aromatic N) is 3. The molecular formula is C13H18N4O2S2. The van der Waals surface area contributed by atoms with Crippen molar-refractivity contribution in [1.82, 2.24) is 14.9 Å². The zero-order valence-electron chi connectivity index (χ0n) is 11.8. The van der Waals surface area contributed by atoms with E-state index in [1.54, 1.807) is 11.3 Å². The Kier molecular flexibility index (Phi) is 4.81. The van der Waals surface area contributed by atoms with Gasteiger partial charge in [0.15, 0.2) is 5.13 Å². The highest BCUT2D eigenvalue weighted by Gasteiger charge is 2.19. The second-order valence-corrected chi connectivity index (χ2v) is 6.66. The lowest BCUT2D eigenvalue weighted by molar-refractivity contribution is 0.0337. The van der Waals surface area contributed by atoms with Crippen LogP contribution >= 0.6 is 22.7 Å². The average Bonchev–Trinajstić information content (AvgIpc) is 3.14. The van der Waals surface area contributed by atoms with Crippen LogP contribution in [0.5, 0.6) is 0 Å². The molecule has 2 N–H and O–H groups in total. The minimum atomic E-state index is -0.0240. The molecule has 3 rings (SSSR count). The zero-order valence-corrected chi connectivity index (χ0v) is 13.5. The quantitative estimate of drug-likeness (QED) is 0.870. The van der Waals surface area contributed by atoms with E-state index in [2.05, 4.69) is 20.2 Å². The minimum Gasteiger partial charge on any atom is -0.389 e. The zero-order chi connectivity index (χ0) is 14.7. The second kappa shape index (κ2) is 6.80. The molecule has 2 aromatic rings. The van der Waals surface area contributed by atoms with Crippen molar-refractivity contribution in [3.8, 4) is 10.6 Å². The molecule has 21 heavy (non-hydrogen) atoms. The number of rotatable bonds is 5. The fourth-order valence-electron chi connectivity index (χ4n) is 2.24. The summed E-state index contributed by atoms with van der Waals surface area (Å²) in [5.74, 6) is 0. The van der Waals surface area contributed by atoms with E-state index in [9.17, 15) is 5.11 Å². The number of hydrogen-bond acceptors (Lipinski definition) is 8. The number of aliphatic hydroxyl groups is 1. The maximum Gasteiger partial charge on any atom is 0.182 e. The summed E-state index contributed by atoms with van der Waals surface area (Å²) in [6.45, 7) is 4.14. The lowest BCUT2D eigenvalue weighted by Gasteiger charge is -2.26. The molecule has 0 bridgehead atoms. The summed E-state index contributed by atoms with van der Waals surface area (Å²) in [6, 6.07) is 0. The van der Waals surface area contributed by atoms with E-state index in [0.29, 0.717) is 0 Å². The van der Waals surface area contributed by atoms with E-state index >= 15 is 0 Å². The number of morpholine rings is 1. The number of hydrogen-bond donors (Lipinski definition) is 2. The second-order valence-electron chi connectivity index (χ2n) is 4.72. The number of ether oxygens (including phenoxy) is 1. The molecule has 0 aliphatic carbocycles. The molecule has 0 saturated carbocycles. The molecule has 3 heterocycles. The molecule has 1 aliphatic heterocycles. The third-order valence-electron chi connectivity index (χ3n) is 3.30. The molecule has 6 nitrogen and oxygen atoms in total. The van der Waals surface area contributed by atoms with Crippen LogP contribution in [0, 0.1) is 0 Å². The number of anilines is 1. The molecule has 1 saturated heterocycles. The van der Waals surface area contributed by atoms with Crippen molar-refractivity contribution in [2.75, 3.05) is 38.7 Å². The van der Waals surface area contributed by atoms with Gasteiger partial charge in [-0.05, 0) is 0 Å². The molecule has 8 heteroatoms. The van der Waals surface area contributed by atoms with Crippen LogP contribution in [-0.2, 0) is 17.9 Å². The maximum atomic E-state index is 9.36. The Hall–Kier alpha value is -1.06. The topological polar surface area (TPSA) is 70.5 Å². The van der Waals surface area contributed by atoms with E-state index in [1.165, 1.54) is 11.3 Å². The Morgan fingerprint density at radius 1 is 1.38 bits per heavy atom. The van der Waals surface area contributed by atoms with E-state index in [0.717, 1.165) is 59.3 Å². The fourth-order valence-corrected chi connectivity index (χ4v) is 3.87. The minimum absolute atomic E-state index is 0.0240. The van der Waals surface area contributed by atoms with Crippen molar-refractivity contribution in [3.05, 3.63) is 16.1 Å². The van der Waals surface area contributed by atoms with Crippen molar-refractivity contribution < 1.29 is 9.84 Å². The highest BCUT2D eigenvalue weighted by atomic mass is 32.1. The molecule has 0 radical (unpaired) electrons. The van der Waals surface area contributed by atoms with Crippen molar-refractivity contribution in [1.29, 1.82) is 0 Å². The van der Waals surface area contributed by atoms with E-state index < -0.39 is 0 Å². The monoisotopic (exact) mass is 326 g/mol. The van der Waals surface area contributed by atoms with E-state index in [4.69, 9.17) is 4.74 Å². The summed E-state index contributed by atoms with van der Waals surface area (Å²) in [5, 5.41) is 16.1. The van der Waals surface area contributed by atoms with Crippen LogP contribution in [0.3, 0.4) is 0 Å². The standard InChI is InChI=1S/C13H18N4O2S2/c1-14-13-16-10(8-20-13)12-9(15-11(7-18)21-12)6-17-2-4-19-5-3-17/h8,18H,2-7H2,1H3,(H,14,16). The van der Waals surface area contributed by atoms with Crippen molar-refractivity contribution in [2.24, 2.45) is 0 Å². The van der Waals surface area contributed by atoms with Gasteiger partial charge in [0.1, 0.15) is 5.01 Å². The lowest BCUT2D eigenvalue weighted by atomic mass is 10.2. The van der Waals surface area contributed by atoms with Crippen LogP contribution < -0.4 is 5.32 Å². The highest BCUT2D eigenvalue weighted by Crippen LogP contribution is 2.33. The fraction of sp³-hybridized carbons (Fsp3) is 0.538. The maximum absolute atomic E-state index is 9.36. The number of aromatic nitrogens is 2. The SMILES string of the molecule is CNc1nc(-c2sc(CO)nc2CN2CCOCC2)cs1. The molecule has 0 spiro atoms. The summed E-state index contributed by atoms with van der Waals surface area (Å²) in [7, 11) is 1.86. The Labute approximate surface area is 131 Å². The first-order valence-electron chi connectivity index (χ1n) is 6.83. The normalized spacial score (nSPS) is 16.3. The van der Waals surface area contributed by atoms with Crippen LogP contribution in [-0.4, -0.2) is 53.3 Å². The molecule has 1 fully saturated rings. The number of nitrogens with one attached hydrogen (secondary N) is 1. The summed E-state index contributed by atoms with van der Waals surface area (Å²) >= 11 is 3.10. The summed E-state index contributed by atoms with van der Waals surface area (Å²) < 4.78 is 5.38. The first-order chi connectivity index (χ1) is 10.3. The van der Waals surface area contributed by atoms with Gasteiger partial charge in [-0.1, -0.05) is 0 Å². The Morgan fingerprint density at radius 3 is 2.86 bits per heavy atom. The van der Waals surface area contributed by atoms with Crippen molar-refractivity contribution in [3.63, 3.8) is 0 Å². The third-order valence-corrected chi connectivity index (χ3v) is 5.27. The summed E-state index contributed by atoms with van der Waals surface area (Å²) in [4.78, 5) is 12.5. The Morgan fingerprint density at radius 2 is 2.19 bits per heavy atom. The van der Waals surface area contributed by atoms with Crippen molar-refractivity contribution in [2.45, 2.75) is 13.2 Å². The number of thiazole rings is 2.